The van der Waals surface area contributed by atoms with E-state index >= 15 is 0 Å². The summed E-state index contributed by atoms with van der Waals surface area (Å²) in [7, 11) is 3.07. The maximum Gasteiger partial charge on any atom is 0.287 e. The average Bonchev–Trinajstić information content (AvgIpc) is 2.88. The number of hydrazone groups is 1. The number of carbonyl (C=O) groups is 2. The molecule has 0 aliphatic carbocycles. The zero-order chi connectivity index (χ0) is 26.1. The number of hydrogen-bond donors (Lipinski definition) is 2. The molecule has 36 heavy (non-hydrogen) atoms. The second kappa shape index (κ2) is 11.8. The van der Waals surface area contributed by atoms with Gasteiger partial charge in [-0.2, -0.15) is 5.10 Å². The lowest BCUT2D eigenvalue weighted by Crippen LogP contribution is -2.32. The molecule has 0 spiro atoms. The molecule has 2 amide bonds. The first kappa shape index (κ1) is 26.2. The van der Waals surface area contributed by atoms with Crippen LogP contribution in [0.15, 0.2) is 83.6 Å². The quantitative estimate of drug-likeness (QED) is 0.269. The molecule has 0 bridgehead atoms. The van der Waals surface area contributed by atoms with Crippen molar-refractivity contribution in [1.82, 2.24) is 10.7 Å². The van der Waals surface area contributed by atoms with Crippen molar-refractivity contribution in [3.63, 3.8) is 0 Å². The molecule has 0 fully saturated rings. The van der Waals surface area contributed by atoms with Crippen molar-refractivity contribution >= 4 is 24.1 Å². The fraction of sp³-hybridized carbons (Fsp3) is 0.207. The number of amides is 2. The standard InChI is InChI=1S/C29H31N3O4/c1-29(2,3)23-14-11-20(12-15-23)19-30-32-28(34)25(31-27(33)21-9-7-6-8-10-21)17-22-13-16-24(35-4)18-26(22)36-5/h6-19H,1-5H3,(H,31,33)(H,32,34)/b25-17+,30-19?. The molecule has 3 aromatic rings. The van der Waals surface area contributed by atoms with E-state index in [0.717, 1.165) is 5.56 Å². The molecule has 7 nitrogen and oxygen atoms in total. The van der Waals surface area contributed by atoms with Crippen LogP contribution >= 0.6 is 0 Å². The van der Waals surface area contributed by atoms with Gasteiger partial charge in [0.05, 0.1) is 20.4 Å². The molecule has 0 aromatic heterocycles. The number of rotatable bonds is 8. The smallest absolute Gasteiger partial charge is 0.287 e. The molecule has 0 aliphatic heterocycles. The molecule has 3 rings (SSSR count). The monoisotopic (exact) mass is 485 g/mol. The lowest BCUT2D eigenvalue weighted by Gasteiger charge is -2.18. The van der Waals surface area contributed by atoms with E-state index in [1.165, 1.54) is 18.7 Å². The molecule has 0 radical (unpaired) electrons. The first-order valence-corrected chi connectivity index (χ1v) is 11.5. The first-order chi connectivity index (χ1) is 17.2. The third-order valence-electron chi connectivity index (χ3n) is 5.43. The van der Waals surface area contributed by atoms with Crippen molar-refractivity contribution in [2.24, 2.45) is 5.10 Å². The van der Waals surface area contributed by atoms with Crippen LogP contribution in [0.3, 0.4) is 0 Å². The number of methoxy groups -OCH3 is 2. The van der Waals surface area contributed by atoms with Gasteiger partial charge in [-0.05, 0) is 46.9 Å². The highest BCUT2D eigenvalue weighted by Gasteiger charge is 2.16. The first-order valence-electron chi connectivity index (χ1n) is 11.5. The summed E-state index contributed by atoms with van der Waals surface area (Å²) in [4.78, 5) is 25.8. The summed E-state index contributed by atoms with van der Waals surface area (Å²) in [5, 5.41) is 6.76. The Bertz CT molecular complexity index is 1260. The Kier molecular flexibility index (Phi) is 8.62. The molecule has 186 valence electrons. The molecule has 2 N–H and O–H groups in total. The van der Waals surface area contributed by atoms with Gasteiger partial charge in [-0.1, -0.05) is 63.2 Å². The van der Waals surface area contributed by atoms with Crippen molar-refractivity contribution in [3.8, 4) is 11.5 Å². The summed E-state index contributed by atoms with van der Waals surface area (Å²) >= 11 is 0. The minimum Gasteiger partial charge on any atom is -0.497 e. The minimum absolute atomic E-state index is 0.00699. The van der Waals surface area contributed by atoms with Crippen LogP contribution in [-0.4, -0.2) is 32.2 Å². The number of ether oxygens (including phenoxy) is 2. The molecular weight excluding hydrogens is 454 g/mol. The van der Waals surface area contributed by atoms with Gasteiger partial charge in [-0.25, -0.2) is 5.43 Å². The van der Waals surface area contributed by atoms with Crippen LogP contribution in [0.25, 0.3) is 6.08 Å². The van der Waals surface area contributed by atoms with E-state index in [1.54, 1.807) is 55.8 Å². The van der Waals surface area contributed by atoms with Crippen LogP contribution in [0, 0.1) is 0 Å². The predicted molar refractivity (Wildman–Crippen MR) is 142 cm³/mol. The van der Waals surface area contributed by atoms with Crippen molar-refractivity contribution in [1.29, 1.82) is 0 Å². The summed E-state index contributed by atoms with van der Waals surface area (Å²) in [6.45, 7) is 6.43. The predicted octanol–water partition coefficient (Wildman–Crippen LogP) is 4.92. The van der Waals surface area contributed by atoms with E-state index in [-0.39, 0.29) is 11.1 Å². The lowest BCUT2D eigenvalue weighted by molar-refractivity contribution is -0.117. The van der Waals surface area contributed by atoms with E-state index < -0.39 is 11.8 Å². The highest BCUT2D eigenvalue weighted by molar-refractivity contribution is 6.05. The van der Waals surface area contributed by atoms with E-state index in [2.05, 4.69) is 36.6 Å². The van der Waals surface area contributed by atoms with Crippen LogP contribution in [0.4, 0.5) is 0 Å². The van der Waals surface area contributed by atoms with Gasteiger partial charge in [0.2, 0.25) is 0 Å². The third-order valence-corrected chi connectivity index (χ3v) is 5.43. The molecule has 0 saturated heterocycles. The van der Waals surface area contributed by atoms with Gasteiger partial charge in [-0.15, -0.1) is 0 Å². The van der Waals surface area contributed by atoms with Gasteiger partial charge in [0.1, 0.15) is 17.2 Å². The van der Waals surface area contributed by atoms with E-state index in [4.69, 9.17) is 9.47 Å². The SMILES string of the molecule is COc1ccc(/C=C(/NC(=O)c2ccccc2)C(=O)NN=Cc2ccc(C(C)(C)C)cc2)c(OC)c1. The third kappa shape index (κ3) is 7.06. The second-order valence-electron chi connectivity index (χ2n) is 9.06. The van der Waals surface area contributed by atoms with Crippen molar-refractivity contribution in [2.45, 2.75) is 26.2 Å². The molecule has 0 aliphatic rings. The Morgan fingerprint density at radius 3 is 2.19 bits per heavy atom. The second-order valence-corrected chi connectivity index (χ2v) is 9.06. The fourth-order valence-corrected chi connectivity index (χ4v) is 3.33. The zero-order valence-electron chi connectivity index (χ0n) is 21.2. The Morgan fingerprint density at radius 2 is 1.58 bits per heavy atom. The lowest BCUT2D eigenvalue weighted by atomic mass is 9.87. The van der Waals surface area contributed by atoms with Crippen molar-refractivity contribution in [2.75, 3.05) is 14.2 Å². The number of carbonyl (C=O) groups excluding carboxylic acids is 2. The normalized spacial score (nSPS) is 11.8. The van der Waals surface area contributed by atoms with Crippen LogP contribution < -0.4 is 20.2 Å². The van der Waals surface area contributed by atoms with Crippen LogP contribution in [0.1, 0.15) is 47.8 Å². The van der Waals surface area contributed by atoms with Crippen molar-refractivity contribution < 1.29 is 19.1 Å². The van der Waals surface area contributed by atoms with Crippen LogP contribution in [0.2, 0.25) is 0 Å². The van der Waals surface area contributed by atoms with Crippen molar-refractivity contribution in [3.05, 3.63) is 101 Å². The van der Waals surface area contributed by atoms with E-state index in [0.29, 0.717) is 22.6 Å². The number of nitrogens with zero attached hydrogens (tertiary/aromatic N) is 1. The minimum atomic E-state index is -0.584. The maximum absolute atomic E-state index is 13.0. The molecule has 0 heterocycles. The van der Waals surface area contributed by atoms with Crippen LogP contribution in [0.5, 0.6) is 11.5 Å². The van der Waals surface area contributed by atoms with Gasteiger partial charge >= 0.3 is 0 Å². The molecule has 0 saturated carbocycles. The number of nitrogens with one attached hydrogen (secondary N) is 2. The van der Waals surface area contributed by atoms with Crippen LogP contribution in [-0.2, 0) is 10.2 Å². The highest BCUT2D eigenvalue weighted by atomic mass is 16.5. The Hall–Kier alpha value is -4.39. The van der Waals surface area contributed by atoms with Gasteiger partial charge < -0.3 is 14.8 Å². The Labute approximate surface area is 211 Å². The van der Waals surface area contributed by atoms with E-state index in [1.807, 2.05) is 30.3 Å². The molecule has 3 aromatic carbocycles. The highest BCUT2D eigenvalue weighted by Crippen LogP contribution is 2.26. The fourth-order valence-electron chi connectivity index (χ4n) is 3.33. The maximum atomic E-state index is 13.0. The topological polar surface area (TPSA) is 89.0 Å². The summed E-state index contributed by atoms with van der Waals surface area (Å²) in [6.07, 6.45) is 3.08. The summed E-state index contributed by atoms with van der Waals surface area (Å²) < 4.78 is 10.7. The Morgan fingerprint density at radius 1 is 0.889 bits per heavy atom. The summed E-state index contributed by atoms with van der Waals surface area (Å²) in [5.74, 6) is 0.0763. The summed E-state index contributed by atoms with van der Waals surface area (Å²) in [6, 6.07) is 21.7. The number of benzene rings is 3. The summed E-state index contributed by atoms with van der Waals surface area (Å²) in [5.41, 5.74) is 5.58. The molecule has 0 atom stereocenters. The largest absolute Gasteiger partial charge is 0.497 e. The Balaban J connectivity index is 1.84. The number of hydrogen-bond acceptors (Lipinski definition) is 5. The van der Waals surface area contributed by atoms with E-state index in [9.17, 15) is 9.59 Å². The van der Waals surface area contributed by atoms with Gasteiger partial charge in [-0.3, -0.25) is 9.59 Å². The average molecular weight is 486 g/mol. The van der Waals surface area contributed by atoms with Gasteiger partial charge in [0, 0.05) is 17.2 Å². The molecule has 7 heteroatoms. The van der Waals surface area contributed by atoms with Gasteiger partial charge in [0.25, 0.3) is 11.8 Å². The zero-order valence-corrected chi connectivity index (χ0v) is 21.2. The molecular formula is C29H31N3O4. The molecule has 0 unspecified atom stereocenters. The van der Waals surface area contributed by atoms with Gasteiger partial charge in [0.15, 0.2) is 0 Å².